The first kappa shape index (κ1) is 15.7. The molecule has 0 spiro atoms. The van der Waals surface area contributed by atoms with Crippen LogP contribution in [0.5, 0.6) is 0 Å². The second-order valence-electron chi connectivity index (χ2n) is 6.44. The first-order valence-electron chi connectivity index (χ1n) is 7.81. The van der Waals surface area contributed by atoms with Crippen molar-refractivity contribution in [1.82, 2.24) is 10.2 Å². The van der Waals surface area contributed by atoms with Crippen LogP contribution in [0.15, 0.2) is 0 Å². The molecule has 2 N–H and O–H groups in total. The minimum atomic E-state index is -0.279. The Balaban J connectivity index is 1.94. The van der Waals surface area contributed by atoms with Crippen molar-refractivity contribution in [3.05, 3.63) is 0 Å². The summed E-state index contributed by atoms with van der Waals surface area (Å²) in [6.45, 7) is 6.84. The van der Waals surface area contributed by atoms with Crippen molar-refractivity contribution in [2.45, 2.75) is 51.1 Å². The van der Waals surface area contributed by atoms with Gasteiger partial charge in [0.15, 0.2) is 0 Å². The Morgan fingerprint density at radius 1 is 1.50 bits per heavy atom. The molecule has 3 unspecified atom stereocenters. The fourth-order valence-corrected chi connectivity index (χ4v) is 3.56. The van der Waals surface area contributed by atoms with Gasteiger partial charge < -0.3 is 14.7 Å². The molecule has 3 atom stereocenters. The van der Waals surface area contributed by atoms with Gasteiger partial charge >= 0.3 is 0 Å². The number of hydrogen-bond acceptors (Lipinski definition) is 4. The van der Waals surface area contributed by atoms with E-state index >= 15 is 0 Å². The summed E-state index contributed by atoms with van der Waals surface area (Å²) in [5.41, 5.74) is -0.279. The van der Waals surface area contributed by atoms with E-state index < -0.39 is 0 Å². The summed E-state index contributed by atoms with van der Waals surface area (Å²) in [4.78, 5) is 14.3. The molecule has 0 bridgehead atoms. The minimum Gasteiger partial charge on any atom is -0.394 e. The van der Waals surface area contributed by atoms with Crippen molar-refractivity contribution >= 4 is 5.91 Å². The summed E-state index contributed by atoms with van der Waals surface area (Å²) in [6, 6.07) is -0.245. The van der Waals surface area contributed by atoms with Crippen LogP contribution in [0, 0.1) is 5.92 Å². The Hall–Kier alpha value is -0.650. The molecule has 0 radical (unpaired) electrons. The summed E-state index contributed by atoms with van der Waals surface area (Å²) >= 11 is 0. The number of ether oxygens (including phenoxy) is 1. The first-order valence-corrected chi connectivity index (χ1v) is 7.81. The average Bonchev–Trinajstić information content (AvgIpc) is 2.47. The van der Waals surface area contributed by atoms with Crippen LogP contribution in [-0.4, -0.2) is 60.4 Å². The van der Waals surface area contributed by atoms with Gasteiger partial charge in [0.25, 0.3) is 0 Å². The van der Waals surface area contributed by atoms with E-state index in [9.17, 15) is 9.90 Å². The number of amides is 1. The van der Waals surface area contributed by atoms with Gasteiger partial charge in [-0.15, -0.1) is 0 Å². The lowest BCUT2D eigenvalue weighted by atomic mass is 9.76. The van der Waals surface area contributed by atoms with E-state index in [1.807, 2.05) is 11.8 Å². The normalized spacial score (nSPS) is 33.0. The van der Waals surface area contributed by atoms with Gasteiger partial charge in [0.1, 0.15) is 0 Å². The first-order chi connectivity index (χ1) is 9.56. The maximum absolute atomic E-state index is 12.4. The highest BCUT2D eigenvalue weighted by molar-refractivity contribution is 5.81. The number of rotatable bonds is 4. The molecule has 1 aliphatic carbocycles. The minimum absolute atomic E-state index is 0.109. The molecule has 20 heavy (non-hydrogen) atoms. The van der Waals surface area contributed by atoms with Gasteiger partial charge in [-0.1, -0.05) is 19.8 Å². The molecule has 0 aromatic rings. The zero-order valence-electron chi connectivity index (χ0n) is 12.7. The summed E-state index contributed by atoms with van der Waals surface area (Å²) < 4.78 is 5.28. The van der Waals surface area contributed by atoms with Crippen molar-refractivity contribution < 1.29 is 14.6 Å². The number of morpholine rings is 1. The predicted octanol–water partition coefficient (Wildman–Crippen LogP) is 0.765. The van der Waals surface area contributed by atoms with Gasteiger partial charge in [0.05, 0.1) is 25.9 Å². The molecule has 116 valence electrons. The molecule has 1 amide bonds. The van der Waals surface area contributed by atoms with Crippen molar-refractivity contribution in [3.8, 4) is 0 Å². The molecular formula is C15H28N2O3. The molecule has 1 heterocycles. The van der Waals surface area contributed by atoms with Gasteiger partial charge in [0, 0.05) is 18.6 Å². The van der Waals surface area contributed by atoms with E-state index in [1.54, 1.807) is 0 Å². The molecule has 2 fully saturated rings. The van der Waals surface area contributed by atoms with Gasteiger partial charge in [-0.25, -0.2) is 0 Å². The molecular weight excluding hydrogens is 256 g/mol. The Morgan fingerprint density at radius 2 is 2.20 bits per heavy atom. The SMILES string of the molecule is CC1CCCC(CO)(NC(C)C(=O)N2CCOCC2)C1. The summed E-state index contributed by atoms with van der Waals surface area (Å²) in [5.74, 6) is 0.730. The van der Waals surface area contributed by atoms with Crippen LogP contribution in [0.25, 0.3) is 0 Å². The molecule has 1 saturated carbocycles. The van der Waals surface area contributed by atoms with E-state index in [0.29, 0.717) is 32.2 Å². The van der Waals surface area contributed by atoms with E-state index in [1.165, 1.54) is 6.42 Å². The molecule has 5 heteroatoms. The Bertz CT molecular complexity index is 331. The van der Waals surface area contributed by atoms with Crippen LogP contribution in [0.3, 0.4) is 0 Å². The van der Waals surface area contributed by atoms with Gasteiger partial charge in [-0.05, 0) is 25.7 Å². The Kier molecular flexibility index (Phi) is 5.41. The lowest BCUT2D eigenvalue weighted by Crippen LogP contribution is -2.59. The number of nitrogens with one attached hydrogen (secondary N) is 1. The van der Waals surface area contributed by atoms with E-state index in [0.717, 1.165) is 19.3 Å². The predicted molar refractivity (Wildman–Crippen MR) is 77.4 cm³/mol. The molecule has 5 nitrogen and oxygen atoms in total. The maximum atomic E-state index is 12.4. The zero-order chi connectivity index (χ0) is 14.6. The van der Waals surface area contributed by atoms with Crippen LogP contribution in [0.1, 0.15) is 39.5 Å². The highest BCUT2D eigenvalue weighted by Crippen LogP contribution is 2.32. The third-order valence-electron chi connectivity index (χ3n) is 4.61. The number of carbonyl (C=O) groups is 1. The topological polar surface area (TPSA) is 61.8 Å². The Labute approximate surface area is 121 Å². The third kappa shape index (κ3) is 3.71. The maximum Gasteiger partial charge on any atom is 0.239 e. The Morgan fingerprint density at radius 3 is 2.80 bits per heavy atom. The summed E-state index contributed by atoms with van der Waals surface area (Å²) in [6.07, 6.45) is 4.24. The molecule has 1 saturated heterocycles. The van der Waals surface area contributed by atoms with Crippen LogP contribution in [0.4, 0.5) is 0 Å². The number of aliphatic hydroxyl groups excluding tert-OH is 1. The van der Waals surface area contributed by atoms with Crippen molar-refractivity contribution in [3.63, 3.8) is 0 Å². The molecule has 2 aliphatic rings. The van der Waals surface area contributed by atoms with E-state index in [-0.39, 0.29) is 24.1 Å². The lowest BCUT2D eigenvalue weighted by Gasteiger charge is -2.42. The fraction of sp³-hybridized carbons (Fsp3) is 0.933. The zero-order valence-corrected chi connectivity index (χ0v) is 12.7. The van der Waals surface area contributed by atoms with Crippen LogP contribution in [0.2, 0.25) is 0 Å². The standard InChI is InChI=1S/C15H28N2O3/c1-12-4-3-5-15(10-12,11-18)16-13(2)14(19)17-6-8-20-9-7-17/h12-13,16,18H,3-11H2,1-2H3. The number of carbonyl (C=O) groups excluding carboxylic acids is 1. The molecule has 0 aromatic carbocycles. The quantitative estimate of drug-likeness (QED) is 0.800. The second kappa shape index (κ2) is 6.87. The van der Waals surface area contributed by atoms with Crippen LogP contribution < -0.4 is 5.32 Å². The van der Waals surface area contributed by atoms with Crippen LogP contribution >= 0.6 is 0 Å². The van der Waals surface area contributed by atoms with E-state index in [2.05, 4.69) is 12.2 Å². The monoisotopic (exact) mass is 284 g/mol. The highest BCUT2D eigenvalue weighted by atomic mass is 16.5. The largest absolute Gasteiger partial charge is 0.394 e. The van der Waals surface area contributed by atoms with Crippen molar-refractivity contribution in [2.24, 2.45) is 5.92 Å². The van der Waals surface area contributed by atoms with Gasteiger partial charge in [-0.3, -0.25) is 10.1 Å². The molecule has 0 aromatic heterocycles. The summed E-state index contributed by atoms with van der Waals surface area (Å²) in [7, 11) is 0. The highest BCUT2D eigenvalue weighted by Gasteiger charge is 2.37. The average molecular weight is 284 g/mol. The third-order valence-corrected chi connectivity index (χ3v) is 4.61. The van der Waals surface area contributed by atoms with Crippen molar-refractivity contribution in [1.29, 1.82) is 0 Å². The van der Waals surface area contributed by atoms with Gasteiger partial charge in [0.2, 0.25) is 5.91 Å². The lowest BCUT2D eigenvalue weighted by molar-refractivity contribution is -0.138. The second-order valence-corrected chi connectivity index (χ2v) is 6.44. The molecule has 1 aliphatic heterocycles. The van der Waals surface area contributed by atoms with Gasteiger partial charge in [-0.2, -0.15) is 0 Å². The summed E-state index contributed by atoms with van der Waals surface area (Å²) in [5, 5.41) is 13.2. The van der Waals surface area contributed by atoms with E-state index in [4.69, 9.17) is 4.74 Å². The fourth-order valence-electron chi connectivity index (χ4n) is 3.56. The number of nitrogens with zero attached hydrogens (tertiary/aromatic N) is 1. The number of hydrogen-bond donors (Lipinski definition) is 2. The van der Waals surface area contributed by atoms with Crippen LogP contribution in [-0.2, 0) is 9.53 Å². The smallest absolute Gasteiger partial charge is 0.239 e. The molecule has 2 rings (SSSR count). The number of aliphatic hydroxyl groups is 1. The van der Waals surface area contributed by atoms with Crippen molar-refractivity contribution in [2.75, 3.05) is 32.9 Å².